The van der Waals surface area contributed by atoms with Gasteiger partial charge in [0.1, 0.15) is 11.7 Å². The molecule has 184 valence electrons. The molecule has 8 nitrogen and oxygen atoms in total. The van der Waals surface area contributed by atoms with Gasteiger partial charge in [-0.25, -0.2) is 0 Å². The third-order valence-corrected chi connectivity index (χ3v) is 5.18. The summed E-state index contributed by atoms with van der Waals surface area (Å²) in [5.41, 5.74) is 10.5. The molecule has 6 N–H and O–H groups in total. The van der Waals surface area contributed by atoms with Crippen LogP contribution in [0, 0.1) is 0 Å². The van der Waals surface area contributed by atoms with Gasteiger partial charge in [-0.2, -0.15) is 13.2 Å². The number of hydrogen-bond donors (Lipinski definition) is 4. The number of nitrogens with two attached hydrogens (primary N) is 2. The molecule has 0 bridgehead atoms. The minimum absolute atomic E-state index is 0.00847. The van der Waals surface area contributed by atoms with Crippen molar-refractivity contribution in [1.29, 1.82) is 0 Å². The van der Waals surface area contributed by atoms with E-state index < -0.39 is 29.6 Å². The number of carbonyl (C=O) groups excluding carboxylic acids is 2. The van der Waals surface area contributed by atoms with E-state index in [1.807, 2.05) is 24.3 Å². The first-order chi connectivity index (χ1) is 16.6. The molecule has 0 fully saturated rings. The zero-order valence-corrected chi connectivity index (χ0v) is 18.7. The highest BCUT2D eigenvalue weighted by Crippen LogP contribution is 2.29. The summed E-state index contributed by atoms with van der Waals surface area (Å²) in [7, 11) is 0. The fraction of sp³-hybridized carbons (Fsp3) is 0.250. The SMILES string of the molecule is NC(N)=NCCC[C@@H](NC(=O)c1cc2ccccc2cn1)C(=O)NCc1ccc(C(F)(F)F)cc1. The van der Waals surface area contributed by atoms with Gasteiger partial charge in [0.05, 0.1) is 5.56 Å². The van der Waals surface area contributed by atoms with Gasteiger partial charge in [-0.3, -0.25) is 19.6 Å². The van der Waals surface area contributed by atoms with Crippen LogP contribution in [0.15, 0.2) is 65.8 Å². The highest BCUT2D eigenvalue weighted by molar-refractivity contribution is 5.98. The Labute approximate surface area is 199 Å². The smallest absolute Gasteiger partial charge is 0.370 e. The van der Waals surface area contributed by atoms with Crippen molar-refractivity contribution in [1.82, 2.24) is 15.6 Å². The molecule has 2 aromatic carbocycles. The lowest BCUT2D eigenvalue weighted by molar-refractivity contribution is -0.137. The van der Waals surface area contributed by atoms with Crippen LogP contribution in [0.1, 0.15) is 34.5 Å². The van der Waals surface area contributed by atoms with Crippen LogP contribution in [0.25, 0.3) is 10.8 Å². The number of guanidine groups is 1. The van der Waals surface area contributed by atoms with Crippen molar-refractivity contribution in [3.05, 3.63) is 77.6 Å². The highest BCUT2D eigenvalue weighted by Gasteiger charge is 2.30. The summed E-state index contributed by atoms with van der Waals surface area (Å²) >= 11 is 0. The Hall–Kier alpha value is -4.15. The van der Waals surface area contributed by atoms with Crippen molar-refractivity contribution in [2.75, 3.05) is 6.54 Å². The zero-order chi connectivity index (χ0) is 25.4. The van der Waals surface area contributed by atoms with E-state index in [2.05, 4.69) is 20.6 Å². The van der Waals surface area contributed by atoms with E-state index in [-0.39, 0.29) is 31.2 Å². The molecule has 0 radical (unpaired) electrons. The van der Waals surface area contributed by atoms with Crippen molar-refractivity contribution in [3.63, 3.8) is 0 Å². The Kier molecular flexibility index (Phi) is 8.24. The topological polar surface area (TPSA) is 135 Å². The number of nitrogens with one attached hydrogen (secondary N) is 2. The van der Waals surface area contributed by atoms with E-state index in [0.29, 0.717) is 12.0 Å². The first-order valence-electron chi connectivity index (χ1n) is 10.8. The van der Waals surface area contributed by atoms with Gasteiger partial charge in [0.25, 0.3) is 5.91 Å². The zero-order valence-electron chi connectivity index (χ0n) is 18.7. The first kappa shape index (κ1) is 25.5. The Morgan fingerprint density at radius 2 is 1.71 bits per heavy atom. The number of alkyl halides is 3. The van der Waals surface area contributed by atoms with Gasteiger partial charge in [-0.05, 0) is 42.0 Å². The average Bonchev–Trinajstić information content (AvgIpc) is 2.83. The minimum Gasteiger partial charge on any atom is -0.370 e. The fourth-order valence-electron chi connectivity index (χ4n) is 3.34. The summed E-state index contributed by atoms with van der Waals surface area (Å²) in [6.07, 6.45) is -2.23. The van der Waals surface area contributed by atoms with Crippen molar-refractivity contribution in [3.8, 4) is 0 Å². The van der Waals surface area contributed by atoms with Gasteiger partial charge in [0, 0.05) is 24.7 Å². The summed E-state index contributed by atoms with van der Waals surface area (Å²) in [4.78, 5) is 33.7. The molecule has 0 spiro atoms. The molecule has 2 amide bonds. The second-order valence-corrected chi connectivity index (χ2v) is 7.80. The number of aromatic nitrogens is 1. The fourth-order valence-corrected chi connectivity index (χ4v) is 3.34. The molecule has 1 atom stereocenters. The molecule has 0 saturated heterocycles. The lowest BCUT2D eigenvalue weighted by Crippen LogP contribution is -2.46. The van der Waals surface area contributed by atoms with Crippen LogP contribution >= 0.6 is 0 Å². The summed E-state index contributed by atoms with van der Waals surface area (Å²) in [5, 5.41) is 7.02. The van der Waals surface area contributed by atoms with Crippen LogP contribution in [0.3, 0.4) is 0 Å². The maximum atomic E-state index is 12.8. The third-order valence-electron chi connectivity index (χ3n) is 5.18. The molecule has 0 unspecified atom stereocenters. The van der Waals surface area contributed by atoms with E-state index in [1.165, 1.54) is 12.1 Å². The second-order valence-electron chi connectivity index (χ2n) is 7.80. The number of rotatable bonds is 9. The van der Waals surface area contributed by atoms with Crippen LogP contribution in [-0.4, -0.2) is 35.3 Å². The van der Waals surface area contributed by atoms with E-state index in [9.17, 15) is 22.8 Å². The Bertz CT molecular complexity index is 1210. The molecule has 1 aromatic heterocycles. The monoisotopic (exact) mass is 486 g/mol. The quantitative estimate of drug-likeness (QED) is 0.210. The lowest BCUT2D eigenvalue weighted by Gasteiger charge is -2.18. The van der Waals surface area contributed by atoms with Gasteiger partial charge >= 0.3 is 6.18 Å². The van der Waals surface area contributed by atoms with Crippen LogP contribution in [0.4, 0.5) is 13.2 Å². The van der Waals surface area contributed by atoms with Gasteiger partial charge in [-0.15, -0.1) is 0 Å². The highest BCUT2D eigenvalue weighted by atomic mass is 19.4. The molecule has 0 aliphatic carbocycles. The number of benzene rings is 2. The van der Waals surface area contributed by atoms with Crippen LogP contribution in [0.5, 0.6) is 0 Å². The minimum atomic E-state index is -4.44. The average molecular weight is 486 g/mol. The van der Waals surface area contributed by atoms with Gasteiger partial charge in [0.2, 0.25) is 5.91 Å². The largest absolute Gasteiger partial charge is 0.416 e. The van der Waals surface area contributed by atoms with Gasteiger partial charge in [-0.1, -0.05) is 36.4 Å². The van der Waals surface area contributed by atoms with Crippen molar-refractivity contribution in [2.45, 2.75) is 31.6 Å². The van der Waals surface area contributed by atoms with Crippen LogP contribution < -0.4 is 22.1 Å². The summed E-state index contributed by atoms with van der Waals surface area (Å²) < 4.78 is 38.2. The Morgan fingerprint density at radius 3 is 2.37 bits per heavy atom. The summed E-state index contributed by atoms with van der Waals surface area (Å²) in [6, 6.07) is 12.6. The normalized spacial score (nSPS) is 12.1. The number of nitrogens with zero attached hydrogens (tertiary/aromatic N) is 2. The third kappa shape index (κ3) is 7.42. The van der Waals surface area contributed by atoms with Crippen LogP contribution in [-0.2, 0) is 17.5 Å². The molecule has 3 rings (SSSR count). The van der Waals surface area contributed by atoms with E-state index >= 15 is 0 Å². The van der Waals surface area contributed by atoms with Crippen molar-refractivity contribution in [2.24, 2.45) is 16.5 Å². The van der Waals surface area contributed by atoms with E-state index in [4.69, 9.17) is 11.5 Å². The Morgan fingerprint density at radius 1 is 1.03 bits per heavy atom. The lowest BCUT2D eigenvalue weighted by atomic mass is 10.1. The molecular formula is C24H25F3N6O2. The summed E-state index contributed by atoms with van der Waals surface area (Å²) in [5.74, 6) is -1.12. The van der Waals surface area contributed by atoms with E-state index in [0.717, 1.165) is 22.9 Å². The summed E-state index contributed by atoms with van der Waals surface area (Å²) in [6.45, 7) is 0.251. The second kappa shape index (κ2) is 11.3. The molecular weight excluding hydrogens is 461 g/mol. The molecule has 3 aromatic rings. The van der Waals surface area contributed by atoms with Gasteiger partial charge in [0.15, 0.2) is 5.96 Å². The molecule has 1 heterocycles. The van der Waals surface area contributed by atoms with Gasteiger partial charge < -0.3 is 22.1 Å². The number of amides is 2. The van der Waals surface area contributed by atoms with E-state index in [1.54, 1.807) is 12.3 Å². The number of carbonyl (C=O) groups is 2. The first-order valence-corrected chi connectivity index (χ1v) is 10.8. The predicted molar refractivity (Wildman–Crippen MR) is 126 cm³/mol. The maximum Gasteiger partial charge on any atom is 0.416 e. The molecule has 0 saturated carbocycles. The number of halogens is 3. The molecule has 0 aliphatic rings. The molecule has 11 heteroatoms. The van der Waals surface area contributed by atoms with Crippen molar-refractivity contribution >= 4 is 28.5 Å². The standard InChI is InChI=1S/C24H25F3N6O2/c25-24(26,27)18-9-7-15(8-10-18)13-32-21(34)19(6-3-11-30-23(28)29)33-22(35)20-12-16-4-1-2-5-17(16)14-31-20/h1-2,4-5,7-10,12,14,19H,3,6,11,13H2,(H,32,34)(H,33,35)(H4,28,29,30)/t19-/m1/s1. The van der Waals surface area contributed by atoms with Crippen molar-refractivity contribution < 1.29 is 22.8 Å². The maximum absolute atomic E-state index is 12.8. The molecule has 0 aliphatic heterocycles. The number of aliphatic imine (C=N–C) groups is 1. The number of fused-ring (bicyclic) bond motifs is 1. The number of hydrogen-bond acceptors (Lipinski definition) is 4. The molecule has 35 heavy (non-hydrogen) atoms. The number of pyridine rings is 1. The Balaban J connectivity index is 1.68. The predicted octanol–water partition coefficient (Wildman–Crippen LogP) is 2.72. The van der Waals surface area contributed by atoms with Crippen LogP contribution in [0.2, 0.25) is 0 Å².